The van der Waals surface area contributed by atoms with E-state index in [1.807, 2.05) is 0 Å². The van der Waals surface area contributed by atoms with Crippen LogP contribution in [-0.2, 0) is 4.74 Å². The van der Waals surface area contributed by atoms with Crippen molar-refractivity contribution in [2.75, 3.05) is 13.2 Å². The Labute approximate surface area is 68.5 Å². The van der Waals surface area contributed by atoms with Gasteiger partial charge in [-0.1, -0.05) is 20.8 Å². The number of rotatable bonds is 0. The van der Waals surface area contributed by atoms with Crippen molar-refractivity contribution in [1.29, 1.82) is 5.41 Å². The molecule has 1 heterocycles. The van der Waals surface area contributed by atoms with Gasteiger partial charge in [0.2, 0.25) is 0 Å². The van der Waals surface area contributed by atoms with Gasteiger partial charge in [0.1, 0.15) is 0 Å². The van der Waals surface area contributed by atoms with E-state index in [0.717, 1.165) is 25.3 Å². The molecule has 2 heteroatoms. The van der Waals surface area contributed by atoms with E-state index < -0.39 is 0 Å². The summed E-state index contributed by atoms with van der Waals surface area (Å²) in [6, 6.07) is 0. The third-order valence-corrected chi connectivity index (χ3v) is 2.27. The molecule has 0 aromatic carbocycles. The first-order valence-electron chi connectivity index (χ1n) is 4.17. The van der Waals surface area contributed by atoms with Gasteiger partial charge in [-0.05, 0) is 5.41 Å². The van der Waals surface area contributed by atoms with E-state index in [4.69, 9.17) is 10.1 Å². The summed E-state index contributed by atoms with van der Waals surface area (Å²) in [6.45, 7) is 7.98. The predicted molar refractivity (Wildman–Crippen MR) is 46.1 cm³/mol. The van der Waals surface area contributed by atoms with Crippen molar-refractivity contribution in [3.8, 4) is 0 Å². The topological polar surface area (TPSA) is 33.1 Å². The third-order valence-electron chi connectivity index (χ3n) is 2.27. The summed E-state index contributed by atoms with van der Waals surface area (Å²) in [6.07, 6.45) is 0.821. The molecular weight excluding hydrogens is 138 g/mol. The average Bonchev–Trinajstić information content (AvgIpc) is 1.86. The lowest BCUT2D eigenvalue weighted by atomic mass is 9.77. The first-order chi connectivity index (χ1) is 5.02. The molecule has 11 heavy (non-hydrogen) atoms. The summed E-state index contributed by atoms with van der Waals surface area (Å²) >= 11 is 0. The number of ether oxygens (including phenoxy) is 1. The second-order valence-corrected chi connectivity index (χ2v) is 4.27. The molecule has 64 valence electrons. The Kier molecular flexibility index (Phi) is 2.33. The third kappa shape index (κ3) is 2.03. The molecule has 1 aliphatic heterocycles. The lowest BCUT2D eigenvalue weighted by Gasteiger charge is -2.34. The van der Waals surface area contributed by atoms with Crippen molar-refractivity contribution in [1.82, 2.24) is 0 Å². The fraction of sp³-hybridized carbons (Fsp3) is 0.889. The van der Waals surface area contributed by atoms with Gasteiger partial charge < -0.3 is 10.1 Å². The number of hydrogen-bond acceptors (Lipinski definition) is 2. The average molecular weight is 155 g/mol. The Balaban J connectivity index is 2.62. The van der Waals surface area contributed by atoms with Crippen LogP contribution in [0.15, 0.2) is 0 Å². The fourth-order valence-corrected chi connectivity index (χ4v) is 1.43. The molecule has 1 aliphatic rings. The van der Waals surface area contributed by atoms with Crippen molar-refractivity contribution in [3.05, 3.63) is 0 Å². The highest BCUT2D eigenvalue weighted by molar-refractivity contribution is 5.85. The quantitative estimate of drug-likeness (QED) is 0.571. The van der Waals surface area contributed by atoms with E-state index in [0.29, 0.717) is 5.92 Å². The van der Waals surface area contributed by atoms with Crippen LogP contribution >= 0.6 is 0 Å². The lowest BCUT2D eigenvalue weighted by Crippen LogP contribution is -2.36. The monoisotopic (exact) mass is 155 g/mol. The standard InChI is InChI=1S/C9H17NO/c1-9(2,3)7-6-11-5-4-8(7)10/h7,10H,4-6H2,1-3H3. The summed E-state index contributed by atoms with van der Waals surface area (Å²) in [5.74, 6) is 0.330. The van der Waals surface area contributed by atoms with Gasteiger partial charge >= 0.3 is 0 Å². The summed E-state index contributed by atoms with van der Waals surface area (Å²) in [7, 11) is 0. The van der Waals surface area contributed by atoms with Gasteiger partial charge in [-0.2, -0.15) is 0 Å². The zero-order chi connectivity index (χ0) is 8.48. The highest BCUT2D eigenvalue weighted by Gasteiger charge is 2.30. The zero-order valence-electron chi connectivity index (χ0n) is 7.61. The Morgan fingerprint density at radius 1 is 1.45 bits per heavy atom. The molecule has 0 bridgehead atoms. The smallest absolute Gasteiger partial charge is 0.0551 e. The lowest BCUT2D eigenvalue weighted by molar-refractivity contribution is 0.0682. The van der Waals surface area contributed by atoms with Crippen LogP contribution in [0.3, 0.4) is 0 Å². The van der Waals surface area contributed by atoms with E-state index in [1.54, 1.807) is 0 Å². The second-order valence-electron chi connectivity index (χ2n) is 4.27. The van der Waals surface area contributed by atoms with Crippen LogP contribution in [0.5, 0.6) is 0 Å². The SMILES string of the molecule is CC(C)(C)C1COCCC1=N. The van der Waals surface area contributed by atoms with E-state index in [9.17, 15) is 0 Å². The van der Waals surface area contributed by atoms with Crippen LogP contribution in [0.2, 0.25) is 0 Å². The molecule has 1 atom stereocenters. The first kappa shape index (κ1) is 8.72. The van der Waals surface area contributed by atoms with E-state index in [1.165, 1.54) is 0 Å². The van der Waals surface area contributed by atoms with E-state index in [2.05, 4.69) is 20.8 Å². The highest BCUT2D eigenvalue weighted by atomic mass is 16.5. The Bertz CT molecular complexity index is 157. The molecule has 2 nitrogen and oxygen atoms in total. The van der Waals surface area contributed by atoms with Crippen molar-refractivity contribution in [2.24, 2.45) is 11.3 Å². The van der Waals surface area contributed by atoms with Gasteiger partial charge in [0.15, 0.2) is 0 Å². The van der Waals surface area contributed by atoms with Gasteiger partial charge in [0.25, 0.3) is 0 Å². The van der Waals surface area contributed by atoms with Crippen molar-refractivity contribution < 1.29 is 4.74 Å². The maximum absolute atomic E-state index is 7.72. The molecule has 1 saturated heterocycles. The van der Waals surface area contributed by atoms with Gasteiger partial charge in [-0.15, -0.1) is 0 Å². The zero-order valence-corrected chi connectivity index (χ0v) is 7.61. The van der Waals surface area contributed by atoms with Crippen LogP contribution in [0.4, 0.5) is 0 Å². The summed E-state index contributed by atoms with van der Waals surface area (Å²) in [4.78, 5) is 0. The molecule has 0 radical (unpaired) electrons. The predicted octanol–water partition coefficient (Wildman–Crippen LogP) is 2.09. The minimum atomic E-state index is 0.192. The Morgan fingerprint density at radius 2 is 2.09 bits per heavy atom. The van der Waals surface area contributed by atoms with Crippen LogP contribution in [-0.4, -0.2) is 18.9 Å². The minimum absolute atomic E-state index is 0.192. The molecular formula is C9H17NO. The first-order valence-corrected chi connectivity index (χ1v) is 4.17. The molecule has 1 rings (SSSR count). The molecule has 0 saturated carbocycles. The van der Waals surface area contributed by atoms with Crippen LogP contribution in [0, 0.1) is 16.7 Å². The van der Waals surface area contributed by atoms with Crippen LogP contribution in [0.25, 0.3) is 0 Å². The molecule has 0 aliphatic carbocycles. The number of nitrogens with one attached hydrogen (secondary N) is 1. The fourth-order valence-electron chi connectivity index (χ4n) is 1.43. The summed E-state index contributed by atoms with van der Waals surface area (Å²) < 4.78 is 5.34. The molecule has 1 unspecified atom stereocenters. The van der Waals surface area contributed by atoms with Gasteiger partial charge in [0, 0.05) is 18.1 Å². The Morgan fingerprint density at radius 3 is 2.45 bits per heavy atom. The van der Waals surface area contributed by atoms with Gasteiger partial charge in [0.05, 0.1) is 13.2 Å². The van der Waals surface area contributed by atoms with Crippen molar-refractivity contribution in [2.45, 2.75) is 27.2 Å². The normalized spacial score (nSPS) is 27.2. The molecule has 0 aromatic rings. The largest absolute Gasteiger partial charge is 0.380 e. The summed E-state index contributed by atoms with van der Waals surface area (Å²) in [5, 5.41) is 7.72. The molecule has 0 amide bonds. The van der Waals surface area contributed by atoms with E-state index in [-0.39, 0.29) is 5.41 Å². The summed E-state index contributed by atoms with van der Waals surface area (Å²) in [5.41, 5.74) is 1.06. The van der Waals surface area contributed by atoms with Crippen molar-refractivity contribution >= 4 is 5.71 Å². The van der Waals surface area contributed by atoms with Crippen molar-refractivity contribution in [3.63, 3.8) is 0 Å². The molecule has 0 spiro atoms. The number of hydrogen-bond donors (Lipinski definition) is 1. The van der Waals surface area contributed by atoms with Crippen LogP contribution in [0.1, 0.15) is 27.2 Å². The van der Waals surface area contributed by atoms with E-state index >= 15 is 0 Å². The molecule has 1 fully saturated rings. The molecule has 1 N–H and O–H groups in total. The molecule has 0 aromatic heterocycles. The van der Waals surface area contributed by atoms with Crippen LogP contribution < -0.4 is 0 Å². The highest BCUT2D eigenvalue weighted by Crippen LogP contribution is 2.29. The maximum atomic E-state index is 7.72. The maximum Gasteiger partial charge on any atom is 0.0551 e. The van der Waals surface area contributed by atoms with Gasteiger partial charge in [-0.25, -0.2) is 0 Å². The van der Waals surface area contributed by atoms with Gasteiger partial charge in [-0.3, -0.25) is 0 Å². The minimum Gasteiger partial charge on any atom is -0.380 e. The second kappa shape index (κ2) is 2.94. The Hall–Kier alpha value is -0.370.